The molecule has 4 aromatic carbocycles. The van der Waals surface area contributed by atoms with Crippen molar-refractivity contribution in [2.24, 2.45) is 12.5 Å². The second-order valence-corrected chi connectivity index (χ2v) is 18.9. The molecule has 36 heavy (non-hydrogen) atoms. The van der Waals surface area contributed by atoms with E-state index in [0.29, 0.717) is 0 Å². The smallest absolute Gasteiger partial charge is 0.200 e. The maximum atomic E-state index is 2.52. The predicted octanol–water partition coefficient (Wildman–Crippen LogP) is 8.54. The van der Waals surface area contributed by atoms with E-state index in [1.165, 1.54) is 64.5 Å². The summed E-state index contributed by atoms with van der Waals surface area (Å²) in [5, 5.41) is 10.0. The zero-order valence-electron chi connectivity index (χ0n) is 22.8. The summed E-state index contributed by atoms with van der Waals surface area (Å²) >= 11 is 2.02. The van der Waals surface area contributed by atoms with Crippen LogP contribution in [0, 0.1) is 12.3 Å². The second kappa shape index (κ2) is 7.94. The lowest BCUT2D eigenvalue weighted by atomic mass is 9.83. The van der Waals surface area contributed by atoms with Gasteiger partial charge in [0.2, 0.25) is 5.69 Å². The van der Waals surface area contributed by atoms with Crippen LogP contribution in [0.5, 0.6) is 0 Å². The van der Waals surface area contributed by atoms with Gasteiger partial charge in [-0.25, -0.2) is 4.57 Å². The molecule has 0 bridgehead atoms. The Morgan fingerprint density at radius 1 is 0.833 bits per heavy atom. The van der Waals surface area contributed by atoms with Crippen molar-refractivity contribution in [3.05, 3.63) is 71.9 Å². The van der Waals surface area contributed by atoms with E-state index in [4.69, 9.17) is 0 Å². The van der Waals surface area contributed by atoms with Crippen molar-refractivity contribution in [3.63, 3.8) is 0 Å². The molecule has 1 aromatic heterocycles. The van der Waals surface area contributed by atoms with Gasteiger partial charge >= 0.3 is 0 Å². The Hall–Kier alpha value is -2.62. The molecule has 0 amide bonds. The number of rotatable bonds is 2. The van der Waals surface area contributed by atoms with Crippen molar-refractivity contribution in [2.75, 3.05) is 0 Å². The average molecular weight is 507 g/mol. The number of benzene rings is 4. The van der Waals surface area contributed by atoms with Crippen molar-refractivity contribution in [3.8, 4) is 11.3 Å². The summed E-state index contributed by atoms with van der Waals surface area (Å²) in [6.45, 7) is 16.8. The highest BCUT2D eigenvalue weighted by Gasteiger charge is 2.33. The van der Waals surface area contributed by atoms with E-state index in [1.807, 2.05) is 11.8 Å². The molecule has 0 fully saturated rings. The summed E-state index contributed by atoms with van der Waals surface area (Å²) in [5.41, 5.74) is 5.91. The third-order valence-corrected chi connectivity index (χ3v) is 11.0. The Morgan fingerprint density at radius 2 is 1.53 bits per heavy atom. The van der Waals surface area contributed by atoms with Gasteiger partial charge in [0.15, 0.2) is 6.20 Å². The van der Waals surface area contributed by atoms with Gasteiger partial charge in [0, 0.05) is 21.2 Å². The molecule has 0 N–H and O–H groups in total. The molecule has 1 nitrogen and oxygen atoms in total. The van der Waals surface area contributed by atoms with Gasteiger partial charge in [-0.2, -0.15) is 0 Å². The molecule has 0 saturated carbocycles. The van der Waals surface area contributed by atoms with Gasteiger partial charge in [0.1, 0.15) is 7.05 Å². The minimum Gasteiger partial charge on any atom is -0.200 e. The van der Waals surface area contributed by atoms with Gasteiger partial charge in [-0.3, -0.25) is 0 Å². The summed E-state index contributed by atoms with van der Waals surface area (Å²) in [6.07, 6.45) is 3.34. The Bertz CT molecular complexity index is 1720. The normalized spacial score (nSPS) is 13.6. The number of pyridine rings is 1. The van der Waals surface area contributed by atoms with E-state index in [9.17, 15) is 0 Å². The van der Waals surface area contributed by atoms with Crippen LogP contribution < -0.4 is 9.75 Å². The third-order valence-electron chi connectivity index (χ3n) is 7.74. The van der Waals surface area contributed by atoms with Gasteiger partial charge in [-0.1, -0.05) is 99.8 Å². The molecule has 2 heterocycles. The molecule has 0 atom stereocenters. The van der Waals surface area contributed by atoms with Crippen LogP contribution in [0.2, 0.25) is 19.6 Å². The summed E-state index contributed by atoms with van der Waals surface area (Å²) in [7, 11) is 0.720. The van der Waals surface area contributed by atoms with Crippen LogP contribution in [0.1, 0.15) is 31.9 Å². The molecule has 182 valence electrons. The first kappa shape index (κ1) is 23.8. The number of hydrogen-bond acceptors (Lipinski definition) is 1. The second-order valence-electron chi connectivity index (χ2n) is 12.8. The Kier molecular flexibility index (Phi) is 5.24. The van der Waals surface area contributed by atoms with Crippen molar-refractivity contribution in [2.45, 2.75) is 63.5 Å². The summed E-state index contributed by atoms with van der Waals surface area (Å²) in [5.74, 6) is 0. The molecular formula is C33H36NSSi+. The van der Waals surface area contributed by atoms with Crippen LogP contribution in [0.4, 0.5) is 0 Å². The summed E-state index contributed by atoms with van der Waals surface area (Å²) in [6, 6.07) is 20.9. The maximum Gasteiger partial charge on any atom is 0.222 e. The lowest BCUT2D eigenvalue weighted by molar-refractivity contribution is -0.659. The molecule has 1 aliphatic heterocycles. The standard InChI is InChI=1S/C33H36NSSi/c1-20-21-12-9-10-13-22(21)26(19-33(2,3)4)32-29(20)31-30-24(16-17-34(31)5)23-14-11-15-28(36(6,7)8)25(23)18-27(30)35-32/h9-18H,19H2,1-8H3/q+1. The average Bonchev–Trinajstić information content (AvgIpc) is 2.81. The van der Waals surface area contributed by atoms with Crippen LogP contribution >= 0.6 is 11.8 Å². The Balaban J connectivity index is 1.81. The lowest BCUT2D eigenvalue weighted by Crippen LogP contribution is -2.38. The highest BCUT2D eigenvalue weighted by molar-refractivity contribution is 8.00. The van der Waals surface area contributed by atoms with E-state index >= 15 is 0 Å². The number of nitrogens with zero attached hydrogens (tertiary/aromatic N) is 1. The fourth-order valence-corrected chi connectivity index (χ4v) is 9.16. The number of aromatic nitrogens is 1. The topological polar surface area (TPSA) is 3.88 Å². The first-order valence-corrected chi connectivity index (χ1v) is 17.4. The van der Waals surface area contributed by atoms with Gasteiger partial charge in [-0.15, -0.1) is 0 Å². The predicted molar refractivity (Wildman–Crippen MR) is 161 cm³/mol. The van der Waals surface area contributed by atoms with Crippen LogP contribution in [0.25, 0.3) is 43.6 Å². The molecule has 1 aliphatic rings. The molecule has 0 spiro atoms. The molecule has 5 aromatic rings. The number of hydrogen-bond donors (Lipinski definition) is 0. The number of fused-ring (bicyclic) bond motifs is 5. The van der Waals surface area contributed by atoms with E-state index < -0.39 is 8.07 Å². The van der Waals surface area contributed by atoms with Gasteiger partial charge in [0.25, 0.3) is 0 Å². The fraction of sp³-hybridized carbons (Fsp3) is 0.303. The lowest BCUT2D eigenvalue weighted by Gasteiger charge is -2.28. The molecule has 0 aliphatic carbocycles. The van der Waals surface area contributed by atoms with Gasteiger partial charge < -0.3 is 0 Å². The van der Waals surface area contributed by atoms with Crippen molar-refractivity contribution < 1.29 is 4.57 Å². The summed E-state index contributed by atoms with van der Waals surface area (Å²) in [4.78, 5) is 2.87. The van der Waals surface area contributed by atoms with E-state index in [2.05, 4.69) is 120 Å². The first-order valence-electron chi connectivity index (χ1n) is 13.1. The van der Waals surface area contributed by atoms with E-state index in [0.717, 1.165) is 6.42 Å². The summed E-state index contributed by atoms with van der Waals surface area (Å²) < 4.78 is 2.36. The quantitative estimate of drug-likeness (QED) is 0.129. The highest BCUT2D eigenvalue weighted by Crippen LogP contribution is 2.53. The maximum absolute atomic E-state index is 2.52. The monoisotopic (exact) mass is 506 g/mol. The zero-order chi connectivity index (χ0) is 25.6. The highest BCUT2D eigenvalue weighted by atomic mass is 32.2. The molecule has 0 saturated heterocycles. The molecule has 3 heteroatoms. The van der Waals surface area contributed by atoms with Crippen LogP contribution in [0.15, 0.2) is 70.6 Å². The van der Waals surface area contributed by atoms with Crippen molar-refractivity contribution in [1.82, 2.24) is 0 Å². The molecule has 0 unspecified atom stereocenters. The zero-order valence-corrected chi connectivity index (χ0v) is 24.7. The van der Waals surface area contributed by atoms with Crippen molar-refractivity contribution >= 4 is 57.3 Å². The van der Waals surface area contributed by atoms with Crippen molar-refractivity contribution in [1.29, 1.82) is 0 Å². The molecular weight excluding hydrogens is 471 g/mol. The van der Waals surface area contributed by atoms with E-state index in [1.54, 1.807) is 5.19 Å². The van der Waals surface area contributed by atoms with Gasteiger partial charge in [-0.05, 0) is 57.5 Å². The van der Waals surface area contributed by atoms with Crippen LogP contribution in [0.3, 0.4) is 0 Å². The van der Waals surface area contributed by atoms with Crippen LogP contribution in [-0.4, -0.2) is 8.07 Å². The third kappa shape index (κ3) is 3.54. The van der Waals surface area contributed by atoms with E-state index in [-0.39, 0.29) is 5.41 Å². The number of aryl methyl sites for hydroxylation is 2. The minimum absolute atomic E-state index is 0.204. The Labute approximate surface area is 220 Å². The first-order chi connectivity index (χ1) is 17.0. The SMILES string of the molecule is Cc1c2c(c(CC(C)(C)C)c3ccccc13)Sc1cc3c([Si](C)(C)C)cccc3c3cc[n+](C)c-2c13. The molecule has 0 radical (unpaired) electrons. The minimum atomic E-state index is -1.50. The van der Waals surface area contributed by atoms with Crippen LogP contribution in [-0.2, 0) is 13.5 Å². The van der Waals surface area contributed by atoms with Gasteiger partial charge in [0.05, 0.1) is 19.0 Å². The largest absolute Gasteiger partial charge is 0.222 e. The fourth-order valence-electron chi connectivity index (χ4n) is 6.18. The molecule has 6 rings (SSSR count). The Morgan fingerprint density at radius 3 is 2.22 bits per heavy atom.